The van der Waals surface area contributed by atoms with Gasteiger partial charge in [-0.05, 0) is 51.6 Å². The third kappa shape index (κ3) is 4.30. The summed E-state index contributed by atoms with van der Waals surface area (Å²) in [7, 11) is 0. The van der Waals surface area contributed by atoms with E-state index in [0.717, 1.165) is 43.9 Å². The molecule has 1 aromatic rings. The van der Waals surface area contributed by atoms with Gasteiger partial charge < -0.3 is 5.32 Å². The van der Waals surface area contributed by atoms with Gasteiger partial charge in [0.1, 0.15) is 5.78 Å². The minimum Gasteiger partial charge on any atom is -0.317 e. The molecule has 0 bridgehead atoms. The molecule has 4 nitrogen and oxygen atoms in total. The molecule has 1 N–H and O–H groups in total. The Morgan fingerprint density at radius 1 is 1.38 bits per heavy atom. The summed E-state index contributed by atoms with van der Waals surface area (Å²) in [6, 6.07) is 0. The number of piperidine rings is 1. The van der Waals surface area contributed by atoms with Crippen LogP contribution in [0.5, 0.6) is 0 Å². The molecule has 0 aliphatic carbocycles. The van der Waals surface area contributed by atoms with Crippen molar-refractivity contribution in [2.75, 3.05) is 13.1 Å². The number of aryl methyl sites for hydroxylation is 2. The second kappa shape index (κ2) is 7.95. The summed E-state index contributed by atoms with van der Waals surface area (Å²) < 4.78 is 1.88. The summed E-state index contributed by atoms with van der Waals surface area (Å²) in [6.07, 6.45) is 5.30. The van der Waals surface area contributed by atoms with Crippen molar-refractivity contribution >= 4 is 17.4 Å². The Morgan fingerprint density at radius 2 is 2.10 bits per heavy atom. The predicted octanol–water partition coefficient (Wildman–Crippen LogP) is 3.01. The lowest BCUT2D eigenvalue weighted by Gasteiger charge is -2.22. The van der Waals surface area contributed by atoms with Crippen LogP contribution in [0.2, 0.25) is 5.02 Å². The van der Waals surface area contributed by atoms with E-state index >= 15 is 0 Å². The van der Waals surface area contributed by atoms with E-state index < -0.39 is 0 Å². The average molecular weight is 312 g/mol. The maximum atomic E-state index is 12.3. The first kappa shape index (κ1) is 16.5. The van der Waals surface area contributed by atoms with Crippen molar-refractivity contribution in [3.05, 3.63) is 16.4 Å². The van der Waals surface area contributed by atoms with Crippen LogP contribution in [-0.2, 0) is 24.2 Å². The van der Waals surface area contributed by atoms with E-state index in [-0.39, 0.29) is 5.78 Å². The van der Waals surface area contributed by atoms with Gasteiger partial charge in [0.05, 0.1) is 16.4 Å². The highest BCUT2D eigenvalue weighted by molar-refractivity contribution is 6.32. The quantitative estimate of drug-likeness (QED) is 0.842. The Hall–Kier alpha value is -0.870. The average Bonchev–Trinajstić information content (AvgIpc) is 2.82. The van der Waals surface area contributed by atoms with Crippen LogP contribution in [0.15, 0.2) is 0 Å². The number of rotatable bonds is 7. The zero-order valence-corrected chi connectivity index (χ0v) is 13.9. The molecule has 0 amide bonds. The molecule has 0 unspecified atom stereocenters. The first-order chi connectivity index (χ1) is 10.2. The molecule has 0 radical (unpaired) electrons. The summed E-state index contributed by atoms with van der Waals surface area (Å²) in [4.78, 5) is 12.3. The van der Waals surface area contributed by atoms with Crippen molar-refractivity contribution in [2.45, 2.75) is 58.9 Å². The fourth-order valence-corrected chi connectivity index (χ4v) is 3.33. The zero-order valence-electron chi connectivity index (χ0n) is 13.1. The van der Waals surface area contributed by atoms with E-state index in [1.807, 2.05) is 18.5 Å². The number of hydrogen-bond acceptors (Lipinski definition) is 3. The van der Waals surface area contributed by atoms with Gasteiger partial charge in [-0.2, -0.15) is 5.10 Å². The topological polar surface area (TPSA) is 46.9 Å². The molecule has 2 heterocycles. The fraction of sp³-hybridized carbons (Fsp3) is 0.750. The maximum Gasteiger partial charge on any atom is 0.138 e. The van der Waals surface area contributed by atoms with Crippen LogP contribution >= 0.6 is 11.6 Å². The zero-order chi connectivity index (χ0) is 15.2. The summed E-state index contributed by atoms with van der Waals surface area (Å²) >= 11 is 6.36. The number of Topliss-reactive ketones (excluding diaryl/α,β-unsaturated/α-hetero) is 1. The van der Waals surface area contributed by atoms with Crippen LogP contribution in [0.1, 0.15) is 50.9 Å². The van der Waals surface area contributed by atoms with E-state index in [0.29, 0.717) is 23.8 Å². The highest BCUT2D eigenvalue weighted by Gasteiger charge is 2.19. The monoisotopic (exact) mass is 311 g/mol. The first-order valence-electron chi connectivity index (χ1n) is 8.12. The van der Waals surface area contributed by atoms with Crippen molar-refractivity contribution < 1.29 is 4.79 Å². The van der Waals surface area contributed by atoms with Gasteiger partial charge >= 0.3 is 0 Å². The van der Waals surface area contributed by atoms with Crippen LogP contribution in [0.3, 0.4) is 0 Å². The van der Waals surface area contributed by atoms with Gasteiger partial charge in [0.2, 0.25) is 0 Å². The molecule has 1 aliphatic rings. The number of nitrogens with zero attached hydrogens (tertiary/aromatic N) is 2. The lowest BCUT2D eigenvalue weighted by molar-refractivity contribution is -0.118. The van der Waals surface area contributed by atoms with Gasteiger partial charge in [-0.15, -0.1) is 0 Å². The number of hydrogen-bond donors (Lipinski definition) is 1. The van der Waals surface area contributed by atoms with Crippen LogP contribution in [-0.4, -0.2) is 28.7 Å². The summed E-state index contributed by atoms with van der Waals surface area (Å²) in [5, 5.41) is 8.52. The highest BCUT2D eigenvalue weighted by Crippen LogP contribution is 2.24. The highest BCUT2D eigenvalue weighted by atomic mass is 35.5. The third-order valence-corrected chi connectivity index (χ3v) is 4.79. The van der Waals surface area contributed by atoms with Gasteiger partial charge in [0, 0.05) is 19.4 Å². The second-order valence-corrected chi connectivity index (χ2v) is 6.20. The second-order valence-electron chi connectivity index (χ2n) is 5.82. The number of ketones is 1. The van der Waals surface area contributed by atoms with Gasteiger partial charge in [-0.25, -0.2) is 0 Å². The molecular weight excluding hydrogens is 286 g/mol. The minimum absolute atomic E-state index is 0.285. The van der Waals surface area contributed by atoms with Crippen LogP contribution in [0.4, 0.5) is 0 Å². The molecule has 1 aliphatic heterocycles. The molecule has 0 spiro atoms. The lowest BCUT2D eigenvalue weighted by Crippen LogP contribution is -2.28. The van der Waals surface area contributed by atoms with Crippen LogP contribution < -0.4 is 5.32 Å². The Labute approximate surface area is 132 Å². The van der Waals surface area contributed by atoms with Gasteiger partial charge in [-0.1, -0.05) is 18.5 Å². The lowest BCUT2D eigenvalue weighted by atomic mass is 9.92. The number of nitrogens with one attached hydrogen (secondary N) is 1. The summed E-state index contributed by atoms with van der Waals surface area (Å²) in [6.45, 7) is 7.01. The molecule has 21 heavy (non-hydrogen) atoms. The molecule has 0 atom stereocenters. The molecule has 1 aromatic heterocycles. The Morgan fingerprint density at radius 3 is 2.71 bits per heavy atom. The molecule has 5 heteroatoms. The molecule has 0 aromatic carbocycles. The van der Waals surface area contributed by atoms with E-state index in [1.165, 1.54) is 12.8 Å². The molecule has 118 valence electrons. The summed E-state index contributed by atoms with van der Waals surface area (Å²) in [5.74, 6) is 0.987. The Bertz CT molecular complexity index is 478. The number of halogens is 1. The van der Waals surface area contributed by atoms with E-state index in [1.54, 1.807) is 0 Å². The predicted molar refractivity (Wildman–Crippen MR) is 85.8 cm³/mol. The molecule has 2 rings (SSSR count). The van der Waals surface area contributed by atoms with E-state index in [4.69, 9.17) is 11.6 Å². The van der Waals surface area contributed by atoms with Crippen molar-refractivity contribution in [1.82, 2.24) is 15.1 Å². The molecule has 1 fully saturated rings. The smallest absolute Gasteiger partial charge is 0.138 e. The third-order valence-electron chi connectivity index (χ3n) is 4.35. The Kier molecular flexibility index (Phi) is 6.24. The largest absolute Gasteiger partial charge is 0.317 e. The van der Waals surface area contributed by atoms with Crippen molar-refractivity contribution in [1.29, 1.82) is 0 Å². The van der Waals surface area contributed by atoms with E-state index in [9.17, 15) is 4.79 Å². The van der Waals surface area contributed by atoms with Crippen molar-refractivity contribution in [3.63, 3.8) is 0 Å². The SMILES string of the molecule is CCc1nn(CC)c(CC(=O)CCC2CCNCC2)c1Cl. The maximum absolute atomic E-state index is 12.3. The van der Waals surface area contributed by atoms with Gasteiger partial charge in [0.25, 0.3) is 0 Å². The standard InChI is InChI=1S/C16H26ClN3O/c1-3-14-16(17)15(20(4-2)19-14)11-13(21)6-5-12-7-9-18-10-8-12/h12,18H,3-11H2,1-2H3. The summed E-state index contributed by atoms with van der Waals surface area (Å²) in [5.41, 5.74) is 1.80. The van der Waals surface area contributed by atoms with Crippen LogP contribution in [0, 0.1) is 5.92 Å². The van der Waals surface area contributed by atoms with Gasteiger partial charge in [0.15, 0.2) is 0 Å². The van der Waals surface area contributed by atoms with Crippen LogP contribution in [0.25, 0.3) is 0 Å². The number of carbonyl (C=O) groups excluding carboxylic acids is 1. The molecule has 1 saturated heterocycles. The van der Waals surface area contributed by atoms with E-state index in [2.05, 4.69) is 10.4 Å². The van der Waals surface area contributed by atoms with Gasteiger partial charge in [-0.3, -0.25) is 9.48 Å². The number of aromatic nitrogens is 2. The van der Waals surface area contributed by atoms with Crippen molar-refractivity contribution in [2.24, 2.45) is 5.92 Å². The number of carbonyl (C=O) groups is 1. The fourth-order valence-electron chi connectivity index (χ4n) is 3.00. The molecule has 0 saturated carbocycles. The van der Waals surface area contributed by atoms with Crippen molar-refractivity contribution in [3.8, 4) is 0 Å². The Balaban J connectivity index is 1.91. The minimum atomic E-state index is 0.285. The normalized spacial score (nSPS) is 16.3. The first-order valence-corrected chi connectivity index (χ1v) is 8.49. The molecular formula is C16H26ClN3O.